The molecule has 2 rings (SSSR count). The van der Waals surface area contributed by atoms with Crippen molar-refractivity contribution in [3.8, 4) is 0 Å². The summed E-state index contributed by atoms with van der Waals surface area (Å²) in [6, 6.07) is 11.0. The number of esters is 1. The van der Waals surface area contributed by atoms with Gasteiger partial charge in [-0.2, -0.15) is 0 Å². The summed E-state index contributed by atoms with van der Waals surface area (Å²) in [5, 5.41) is 5.90. The molecular formula is C17H20ClNO2S. The van der Waals surface area contributed by atoms with Gasteiger partial charge in [0.05, 0.1) is 6.61 Å². The van der Waals surface area contributed by atoms with Gasteiger partial charge in [0, 0.05) is 16.4 Å². The van der Waals surface area contributed by atoms with Crippen molar-refractivity contribution in [2.24, 2.45) is 0 Å². The summed E-state index contributed by atoms with van der Waals surface area (Å²) in [5.74, 6) is -0.277. The summed E-state index contributed by atoms with van der Waals surface area (Å²) in [5.41, 5.74) is 0.761. The first-order valence-corrected chi connectivity index (χ1v) is 8.65. The Labute approximate surface area is 140 Å². The quantitative estimate of drug-likeness (QED) is 0.733. The highest BCUT2D eigenvalue weighted by molar-refractivity contribution is 7.09. The van der Waals surface area contributed by atoms with Crippen LogP contribution in [0.2, 0.25) is 5.02 Å². The number of carbonyl (C=O) groups is 1. The van der Waals surface area contributed by atoms with Gasteiger partial charge in [-0.05, 0) is 35.9 Å². The minimum Gasteiger partial charge on any atom is -0.464 e. The Morgan fingerprint density at radius 3 is 2.82 bits per heavy atom. The molecular weight excluding hydrogens is 318 g/mol. The van der Waals surface area contributed by atoms with Crippen LogP contribution in [0, 0.1) is 0 Å². The Morgan fingerprint density at radius 1 is 1.32 bits per heavy atom. The molecule has 5 heteroatoms. The monoisotopic (exact) mass is 337 g/mol. The second-order valence-corrected chi connectivity index (χ2v) is 6.34. The molecule has 118 valence electrons. The summed E-state index contributed by atoms with van der Waals surface area (Å²) in [6.07, 6.45) is 1.68. The van der Waals surface area contributed by atoms with Gasteiger partial charge < -0.3 is 10.1 Å². The molecule has 0 radical (unpaired) electrons. The Hall–Kier alpha value is -1.36. The van der Waals surface area contributed by atoms with E-state index in [-0.39, 0.29) is 5.97 Å². The summed E-state index contributed by atoms with van der Waals surface area (Å²) >= 11 is 7.94. The zero-order valence-electron chi connectivity index (χ0n) is 12.5. The zero-order chi connectivity index (χ0) is 15.8. The van der Waals surface area contributed by atoms with E-state index in [9.17, 15) is 4.79 Å². The highest BCUT2D eigenvalue weighted by atomic mass is 35.5. The van der Waals surface area contributed by atoms with Crippen molar-refractivity contribution in [1.29, 1.82) is 0 Å². The smallest absolute Gasteiger partial charge is 0.327 e. The van der Waals surface area contributed by atoms with E-state index in [1.165, 1.54) is 4.88 Å². The molecule has 2 aromatic rings. The van der Waals surface area contributed by atoms with E-state index in [0.29, 0.717) is 18.2 Å². The average Bonchev–Trinajstić information content (AvgIpc) is 3.03. The molecule has 1 aromatic carbocycles. The summed E-state index contributed by atoms with van der Waals surface area (Å²) in [4.78, 5) is 13.6. The van der Waals surface area contributed by atoms with E-state index in [1.54, 1.807) is 17.4 Å². The van der Waals surface area contributed by atoms with Gasteiger partial charge in [-0.15, -0.1) is 11.3 Å². The molecule has 0 amide bonds. The molecule has 1 N–H and O–H groups in total. The van der Waals surface area contributed by atoms with E-state index in [0.717, 1.165) is 18.4 Å². The van der Waals surface area contributed by atoms with Crippen LogP contribution in [-0.2, 0) is 16.0 Å². The average molecular weight is 338 g/mol. The Morgan fingerprint density at radius 2 is 2.14 bits per heavy atom. The topological polar surface area (TPSA) is 38.3 Å². The van der Waals surface area contributed by atoms with Crippen LogP contribution in [0.15, 0.2) is 41.8 Å². The number of carbonyl (C=O) groups excluding carboxylic acids is 1. The molecule has 0 fully saturated rings. The highest BCUT2D eigenvalue weighted by Crippen LogP contribution is 2.24. The fraction of sp³-hybridized carbons (Fsp3) is 0.353. The number of halogens is 1. The third kappa shape index (κ3) is 4.83. The van der Waals surface area contributed by atoms with E-state index < -0.39 is 6.04 Å². The molecule has 0 aliphatic heterocycles. The van der Waals surface area contributed by atoms with Crippen molar-refractivity contribution < 1.29 is 9.53 Å². The minimum atomic E-state index is -0.528. The van der Waals surface area contributed by atoms with Crippen molar-refractivity contribution in [1.82, 2.24) is 5.32 Å². The molecule has 0 aliphatic rings. The molecule has 0 spiro atoms. The number of hydrogen-bond donors (Lipinski definition) is 1. The van der Waals surface area contributed by atoms with Gasteiger partial charge in [0.1, 0.15) is 6.04 Å². The molecule has 1 atom stereocenters. The molecule has 0 unspecified atom stereocenters. The zero-order valence-corrected chi connectivity index (χ0v) is 14.1. The number of nitrogens with one attached hydrogen (secondary N) is 1. The van der Waals surface area contributed by atoms with Gasteiger partial charge >= 0.3 is 5.97 Å². The van der Waals surface area contributed by atoms with Crippen molar-refractivity contribution in [2.45, 2.75) is 25.8 Å². The first kappa shape index (κ1) is 17.0. The lowest BCUT2D eigenvalue weighted by Gasteiger charge is -2.19. The minimum absolute atomic E-state index is 0.277. The number of hydrogen-bond acceptors (Lipinski definition) is 4. The van der Waals surface area contributed by atoms with Gasteiger partial charge in [-0.1, -0.05) is 42.8 Å². The van der Waals surface area contributed by atoms with E-state index >= 15 is 0 Å². The maximum Gasteiger partial charge on any atom is 0.327 e. The number of thiophene rings is 1. The Bertz CT molecular complexity index is 586. The van der Waals surface area contributed by atoms with E-state index in [1.807, 2.05) is 31.2 Å². The van der Waals surface area contributed by atoms with Gasteiger partial charge in [-0.25, -0.2) is 4.79 Å². The van der Waals surface area contributed by atoms with E-state index in [2.05, 4.69) is 16.8 Å². The standard InChI is InChI=1S/C17H20ClNO2S/c1-2-11-21-17(20)16(14-7-3-4-8-15(14)18)19-10-9-13-6-5-12-22-13/h3-8,12,16,19H,2,9-11H2,1H3/t16-/m0/s1. The van der Waals surface area contributed by atoms with Crippen molar-refractivity contribution in [2.75, 3.05) is 13.2 Å². The molecule has 3 nitrogen and oxygen atoms in total. The van der Waals surface area contributed by atoms with Gasteiger partial charge in [0.15, 0.2) is 0 Å². The maximum absolute atomic E-state index is 12.3. The Kier molecular flexibility index (Phi) is 6.90. The van der Waals surface area contributed by atoms with Crippen LogP contribution < -0.4 is 5.32 Å². The second kappa shape index (κ2) is 8.93. The number of rotatable bonds is 8. The van der Waals surface area contributed by atoms with Crippen molar-refractivity contribution in [3.63, 3.8) is 0 Å². The van der Waals surface area contributed by atoms with Crippen molar-refractivity contribution in [3.05, 3.63) is 57.2 Å². The molecule has 0 aliphatic carbocycles. The third-order valence-electron chi connectivity index (χ3n) is 3.20. The predicted molar refractivity (Wildman–Crippen MR) is 91.5 cm³/mol. The maximum atomic E-state index is 12.3. The fourth-order valence-electron chi connectivity index (χ4n) is 2.11. The van der Waals surface area contributed by atoms with Crippen LogP contribution in [0.5, 0.6) is 0 Å². The number of benzene rings is 1. The van der Waals surface area contributed by atoms with Crippen LogP contribution >= 0.6 is 22.9 Å². The number of ether oxygens (including phenoxy) is 1. The van der Waals surface area contributed by atoms with Crippen LogP contribution in [0.3, 0.4) is 0 Å². The Balaban J connectivity index is 2.04. The third-order valence-corrected chi connectivity index (χ3v) is 4.48. The largest absolute Gasteiger partial charge is 0.464 e. The van der Waals surface area contributed by atoms with Crippen LogP contribution in [-0.4, -0.2) is 19.1 Å². The second-order valence-electron chi connectivity index (χ2n) is 4.91. The first-order chi connectivity index (χ1) is 10.7. The van der Waals surface area contributed by atoms with Crippen molar-refractivity contribution >= 4 is 28.9 Å². The van der Waals surface area contributed by atoms with Gasteiger partial charge in [0.25, 0.3) is 0 Å². The van der Waals surface area contributed by atoms with Crippen LogP contribution in [0.1, 0.15) is 29.8 Å². The molecule has 1 heterocycles. The SMILES string of the molecule is CCCOC(=O)[C@@H](NCCc1cccs1)c1ccccc1Cl. The van der Waals surface area contributed by atoms with Crippen LogP contribution in [0.4, 0.5) is 0 Å². The molecule has 0 saturated carbocycles. The lowest BCUT2D eigenvalue weighted by atomic mass is 10.1. The molecule has 0 bridgehead atoms. The molecule has 0 saturated heterocycles. The lowest BCUT2D eigenvalue weighted by molar-refractivity contribution is -0.146. The normalized spacial score (nSPS) is 12.1. The fourth-order valence-corrected chi connectivity index (χ4v) is 3.06. The van der Waals surface area contributed by atoms with Gasteiger partial charge in [0.2, 0.25) is 0 Å². The lowest BCUT2D eigenvalue weighted by Crippen LogP contribution is -2.32. The molecule has 22 heavy (non-hydrogen) atoms. The van der Waals surface area contributed by atoms with E-state index in [4.69, 9.17) is 16.3 Å². The summed E-state index contributed by atoms with van der Waals surface area (Å²) in [7, 11) is 0. The summed E-state index contributed by atoms with van der Waals surface area (Å²) < 4.78 is 5.29. The predicted octanol–water partition coefficient (Wildman–Crippen LogP) is 4.23. The highest BCUT2D eigenvalue weighted by Gasteiger charge is 2.23. The first-order valence-electron chi connectivity index (χ1n) is 7.39. The van der Waals surface area contributed by atoms with Crippen LogP contribution in [0.25, 0.3) is 0 Å². The summed E-state index contributed by atoms with van der Waals surface area (Å²) in [6.45, 7) is 3.09. The van der Waals surface area contributed by atoms with Gasteiger partial charge in [-0.3, -0.25) is 0 Å². The molecule has 1 aromatic heterocycles.